The highest BCUT2D eigenvalue weighted by Crippen LogP contribution is 2.34. The van der Waals surface area contributed by atoms with Crippen molar-refractivity contribution >= 4 is 28.3 Å². The van der Waals surface area contributed by atoms with Gasteiger partial charge >= 0.3 is 5.63 Å². The quantitative estimate of drug-likeness (QED) is 0.365. The predicted octanol–water partition coefficient (Wildman–Crippen LogP) is 4.81. The number of ether oxygens (including phenoxy) is 1. The molecule has 0 N–H and O–H groups in total. The molecule has 0 aliphatic heterocycles. The molecule has 1 aliphatic carbocycles. The van der Waals surface area contributed by atoms with Crippen molar-refractivity contribution in [3.05, 3.63) is 78.6 Å². The Morgan fingerprint density at radius 3 is 2.52 bits per heavy atom. The number of nitro groups is 1. The van der Waals surface area contributed by atoms with Gasteiger partial charge in [-0.05, 0) is 55.0 Å². The van der Waals surface area contributed by atoms with Crippen molar-refractivity contribution in [3.8, 4) is 5.75 Å². The van der Waals surface area contributed by atoms with E-state index in [1.165, 1.54) is 12.1 Å². The van der Waals surface area contributed by atoms with Crippen molar-refractivity contribution in [1.82, 2.24) is 0 Å². The third kappa shape index (κ3) is 3.40. The first-order valence-electron chi connectivity index (χ1n) is 8.67. The fraction of sp³-hybridized carbons (Fsp3) is 0.250. The zero-order valence-electron chi connectivity index (χ0n) is 14.4. The van der Waals surface area contributed by atoms with Crippen LogP contribution in [0.5, 0.6) is 5.75 Å². The number of hydrogen-bond acceptors (Lipinski definition) is 5. The topological polar surface area (TPSA) is 82.6 Å². The second-order valence-electron chi connectivity index (χ2n) is 6.54. The zero-order valence-corrected chi connectivity index (χ0v) is 15.1. The molecule has 27 heavy (non-hydrogen) atoms. The predicted molar refractivity (Wildman–Crippen MR) is 102 cm³/mol. The Bertz CT molecular complexity index is 1090. The summed E-state index contributed by atoms with van der Waals surface area (Å²) >= 11 is 6.38. The molecule has 0 saturated heterocycles. The highest BCUT2D eigenvalue weighted by molar-refractivity contribution is 6.32. The summed E-state index contributed by atoms with van der Waals surface area (Å²) in [5.74, 6) is 0.404. The van der Waals surface area contributed by atoms with Crippen molar-refractivity contribution < 1.29 is 14.1 Å². The molecule has 7 heteroatoms. The maximum atomic E-state index is 12.2. The van der Waals surface area contributed by atoms with E-state index in [2.05, 4.69) is 0 Å². The molecule has 0 unspecified atom stereocenters. The molecule has 0 radical (unpaired) electrons. The van der Waals surface area contributed by atoms with Crippen LogP contribution in [0.3, 0.4) is 0 Å². The van der Waals surface area contributed by atoms with Gasteiger partial charge in [-0.15, -0.1) is 0 Å². The van der Waals surface area contributed by atoms with Crippen LogP contribution in [-0.2, 0) is 19.4 Å². The minimum absolute atomic E-state index is 0.0223. The lowest BCUT2D eigenvalue weighted by molar-refractivity contribution is -0.384. The first-order chi connectivity index (χ1) is 13.0. The van der Waals surface area contributed by atoms with Gasteiger partial charge in [0.2, 0.25) is 0 Å². The van der Waals surface area contributed by atoms with Crippen LogP contribution in [0.15, 0.2) is 45.6 Å². The fourth-order valence-electron chi connectivity index (χ4n) is 3.43. The van der Waals surface area contributed by atoms with Crippen molar-refractivity contribution in [2.24, 2.45) is 0 Å². The molecule has 6 nitrogen and oxygen atoms in total. The third-order valence-corrected chi connectivity index (χ3v) is 5.11. The van der Waals surface area contributed by atoms with Gasteiger partial charge in [-0.3, -0.25) is 10.1 Å². The van der Waals surface area contributed by atoms with Crippen LogP contribution >= 0.6 is 11.6 Å². The average Bonchev–Trinajstić information content (AvgIpc) is 2.68. The molecule has 0 fully saturated rings. The van der Waals surface area contributed by atoms with Gasteiger partial charge in [0.1, 0.15) is 17.9 Å². The number of rotatable bonds is 4. The van der Waals surface area contributed by atoms with Gasteiger partial charge in [-0.1, -0.05) is 11.6 Å². The number of non-ortho nitro benzene ring substituents is 1. The molecule has 0 saturated carbocycles. The van der Waals surface area contributed by atoms with Gasteiger partial charge in [-0.25, -0.2) is 4.79 Å². The van der Waals surface area contributed by atoms with Crippen molar-refractivity contribution in [1.29, 1.82) is 0 Å². The van der Waals surface area contributed by atoms with Crippen LogP contribution < -0.4 is 10.4 Å². The molecule has 1 heterocycles. The van der Waals surface area contributed by atoms with Gasteiger partial charge < -0.3 is 9.15 Å². The van der Waals surface area contributed by atoms with E-state index in [9.17, 15) is 14.9 Å². The molecule has 4 rings (SSSR count). The Kier molecular flexibility index (Phi) is 4.58. The minimum atomic E-state index is -0.451. The first kappa shape index (κ1) is 17.5. The van der Waals surface area contributed by atoms with E-state index in [0.717, 1.165) is 47.8 Å². The van der Waals surface area contributed by atoms with E-state index in [1.54, 1.807) is 24.3 Å². The van der Waals surface area contributed by atoms with E-state index in [-0.39, 0.29) is 17.9 Å². The molecule has 0 spiro atoms. The number of nitrogens with zero attached hydrogens (tertiary/aromatic N) is 1. The summed E-state index contributed by atoms with van der Waals surface area (Å²) in [6, 6.07) is 9.53. The summed E-state index contributed by atoms with van der Waals surface area (Å²) in [5.41, 5.74) is 2.74. The van der Waals surface area contributed by atoms with Crippen molar-refractivity contribution in [2.75, 3.05) is 0 Å². The smallest absolute Gasteiger partial charge is 0.339 e. The summed E-state index contributed by atoms with van der Waals surface area (Å²) in [5, 5.41) is 12.0. The fourth-order valence-corrected chi connectivity index (χ4v) is 3.65. The van der Waals surface area contributed by atoms with E-state index in [1.807, 2.05) is 0 Å². The summed E-state index contributed by atoms with van der Waals surface area (Å²) in [6.45, 7) is 0.193. The minimum Gasteiger partial charge on any atom is -0.487 e. The maximum Gasteiger partial charge on any atom is 0.339 e. The second-order valence-corrected chi connectivity index (χ2v) is 6.95. The molecular weight excluding hydrogens is 370 g/mol. The molecular formula is C20H16ClNO5. The third-order valence-electron chi connectivity index (χ3n) is 4.82. The van der Waals surface area contributed by atoms with Gasteiger partial charge in [0.25, 0.3) is 5.69 Å². The van der Waals surface area contributed by atoms with E-state index >= 15 is 0 Å². The van der Waals surface area contributed by atoms with E-state index < -0.39 is 4.92 Å². The Balaban J connectivity index is 1.63. The van der Waals surface area contributed by atoms with Crippen molar-refractivity contribution in [2.45, 2.75) is 32.3 Å². The van der Waals surface area contributed by atoms with Crippen LogP contribution in [0.25, 0.3) is 11.0 Å². The van der Waals surface area contributed by atoms with Gasteiger partial charge in [0.05, 0.1) is 9.95 Å². The lowest BCUT2D eigenvalue weighted by Gasteiger charge is -2.17. The van der Waals surface area contributed by atoms with Crippen LogP contribution in [0.2, 0.25) is 5.02 Å². The number of fused-ring (bicyclic) bond motifs is 3. The van der Waals surface area contributed by atoms with Gasteiger partial charge in [-0.2, -0.15) is 0 Å². The molecule has 0 atom stereocenters. The summed E-state index contributed by atoms with van der Waals surface area (Å²) in [7, 11) is 0. The number of aryl methyl sites for hydroxylation is 1. The Morgan fingerprint density at radius 1 is 1.11 bits per heavy atom. The number of nitro benzene ring substituents is 1. The number of halogens is 1. The Labute approximate surface area is 159 Å². The van der Waals surface area contributed by atoms with Crippen LogP contribution in [0.4, 0.5) is 5.69 Å². The van der Waals surface area contributed by atoms with E-state index in [4.69, 9.17) is 20.8 Å². The normalized spacial score (nSPS) is 13.4. The van der Waals surface area contributed by atoms with Crippen LogP contribution in [0.1, 0.15) is 29.5 Å². The average molecular weight is 386 g/mol. The van der Waals surface area contributed by atoms with E-state index in [0.29, 0.717) is 16.4 Å². The molecule has 138 valence electrons. The second kappa shape index (κ2) is 7.04. The molecule has 3 aromatic rings. The number of benzene rings is 2. The molecule has 0 amide bonds. The summed E-state index contributed by atoms with van der Waals surface area (Å²) in [4.78, 5) is 22.5. The Morgan fingerprint density at radius 2 is 1.81 bits per heavy atom. The lowest BCUT2D eigenvalue weighted by Crippen LogP contribution is -2.15. The van der Waals surface area contributed by atoms with Crippen LogP contribution in [0, 0.1) is 10.1 Å². The zero-order chi connectivity index (χ0) is 19.0. The molecule has 0 bridgehead atoms. The standard InChI is InChI=1S/C20H16ClNO5/c21-17-9-16-14-3-1-2-4-15(14)20(23)27-18(16)10-19(17)26-11-12-5-7-13(8-6-12)22(24)25/h5-10H,1-4,11H2. The maximum absolute atomic E-state index is 12.2. The molecule has 1 aromatic heterocycles. The lowest BCUT2D eigenvalue weighted by atomic mass is 9.91. The number of hydrogen-bond donors (Lipinski definition) is 0. The van der Waals surface area contributed by atoms with Gasteiger partial charge in [0, 0.05) is 29.1 Å². The van der Waals surface area contributed by atoms with Crippen LogP contribution in [-0.4, -0.2) is 4.92 Å². The van der Waals surface area contributed by atoms with Crippen molar-refractivity contribution in [3.63, 3.8) is 0 Å². The highest BCUT2D eigenvalue weighted by Gasteiger charge is 2.19. The summed E-state index contributed by atoms with van der Waals surface area (Å²) < 4.78 is 11.2. The first-order valence-corrected chi connectivity index (χ1v) is 9.05. The summed E-state index contributed by atoms with van der Waals surface area (Å²) in [6.07, 6.45) is 3.62. The molecule has 1 aliphatic rings. The highest BCUT2D eigenvalue weighted by atomic mass is 35.5. The Hall–Kier alpha value is -2.86. The molecule has 2 aromatic carbocycles. The SMILES string of the molecule is O=c1oc2cc(OCc3ccc([N+](=O)[O-])cc3)c(Cl)cc2c2c1CCCC2. The monoisotopic (exact) mass is 385 g/mol. The largest absolute Gasteiger partial charge is 0.487 e. The van der Waals surface area contributed by atoms with Gasteiger partial charge in [0.15, 0.2) is 0 Å².